The maximum atomic E-state index is 12.7. The highest BCUT2D eigenvalue weighted by Gasteiger charge is 2.33. The summed E-state index contributed by atoms with van der Waals surface area (Å²) >= 11 is 0. The van der Waals surface area contributed by atoms with E-state index >= 15 is 0 Å². The monoisotopic (exact) mass is 301 g/mol. The summed E-state index contributed by atoms with van der Waals surface area (Å²) in [6, 6.07) is 0.590. The van der Waals surface area contributed by atoms with Crippen LogP contribution < -0.4 is 9.47 Å². The van der Waals surface area contributed by atoms with Crippen LogP contribution in [0.5, 0.6) is 11.6 Å². The molecule has 0 radical (unpaired) electrons. The number of ether oxygens (including phenoxy) is 2. The fraction of sp³-hybridized carbons (Fsp3) is 0.400. The molecule has 1 N–H and O–H groups in total. The molecule has 112 valence electrons. The molecule has 0 aliphatic heterocycles. The molecular formula is C10H8F5NO4. The van der Waals surface area contributed by atoms with Crippen molar-refractivity contribution in [1.29, 1.82) is 0 Å². The Balaban J connectivity index is 3.35. The van der Waals surface area contributed by atoms with Crippen LogP contribution in [0.2, 0.25) is 0 Å². The minimum atomic E-state index is -5.14. The van der Waals surface area contributed by atoms with Crippen molar-refractivity contribution >= 4 is 5.97 Å². The molecule has 0 fully saturated rings. The molecule has 0 spiro atoms. The fourth-order valence-electron chi connectivity index (χ4n) is 1.43. The van der Waals surface area contributed by atoms with Gasteiger partial charge in [-0.1, -0.05) is 0 Å². The predicted octanol–water partition coefficient (Wildman–Crippen LogP) is 2.55. The van der Waals surface area contributed by atoms with E-state index in [2.05, 4.69) is 14.5 Å². The van der Waals surface area contributed by atoms with Crippen LogP contribution in [-0.2, 0) is 11.2 Å². The Morgan fingerprint density at radius 2 is 2.05 bits per heavy atom. The third-order valence-electron chi connectivity index (χ3n) is 2.03. The molecule has 0 atom stereocenters. The average Bonchev–Trinajstić information content (AvgIpc) is 2.25. The lowest BCUT2D eigenvalue weighted by molar-refractivity contribution is -0.276. The third kappa shape index (κ3) is 4.21. The number of carboxylic acids is 1. The Morgan fingerprint density at radius 3 is 2.45 bits per heavy atom. The van der Waals surface area contributed by atoms with Crippen molar-refractivity contribution in [3.63, 3.8) is 0 Å². The first-order chi connectivity index (χ1) is 9.14. The van der Waals surface area contributed by atoms with Crippen molar-refractivity contribution in [2.24, 2.45) is 0 Å². The first-order valence-electron chi connectivity index (χ1n) is 4.97. The number of alkyl halides is 5. The number of hydrogen-bond donors (Lipinski definition) is 1. The summed E-state index contributed by atoms with van der Waals surface area (Å²) in [5.41, 5.74) is -1.52. The summed E-state index contributed by atoms with van der Waals surface area (Å²) in [6.45, 7) is 0. The molecule has 0 bridgehead atoms. The molecule has 0 aliphatic rings. The smallest absolute Gasteiger partial charge is 0.494 e. The lowest BCUT2D eigenvalue weighted by atomic mass is 10.1. The Hall–Kier alpha value is -2.13. The van der Waals surface area contributed by atoms with Gasteiger partial charge in [0, 0.05) is 11.6 Å². The zero-order valence-corrected chi connectivity index (χ0v) is 9.87. The summed E-state index contributed by atoms with van der Waals surface area (Å²) < 4.78 is 69.6. The summed E-state index contributed by atoms with van der Waals surface area (Å²) in [4.78, 5) is 13.6. The van der Waals surface area contributed by atoms with Crippen LogP contribution in [0.15, 0.2) is 6.07 Å². The number of halogens is 5. The average molecular weight is 301 g/mol. The fourth-order valence-corrected chi connectivity index (χ4v) is 1.43. The van der Waals surface area contributed by atoms with Gasteiger partial charge in [0.05, 0.1) is 13.5 Å². The Kier molecular flexibility index (Phi) is 4.69. The molecule has 0 unspecified atom stereocenters. The van der Waals surface area contributed by atoms with Gasteiger partial charge in [-0.3, -0.25) is 4.79 Å². The van der Waals surface area contributed by atoms with Crippen LogP contribution in [0.4, 0.5) is 22.0 Å². The van der Waals surface area contributed by atoms with Gasteiger partial charge in [-0.2, -0.15) is 0 Å². The molecule has 0 aromatic carbocycles. The number of carboxylic acid groups (broad SMARTS) is 1. The van der Waals surface area contributed by atoms with Gasteiger partial charge in [0.25, 0.3) is 6.43 Å². The largest absolute Gasteiger partial charge is 0.574 e. The molecule has 0 aliphatic carbocycles. The maximum Gasteiger partial charge on any atom is 0.574 e. The number of aliphatic carboxylic acids is 1. The molecule has 0 saturated carbocycles. The normalized spacial score (nSPS) is 11.6. The van der Waals surface area contributed by atoms with Crippen LogP contribution in [0.3, 0.4) is 0 Å². The second-order valence-electron chi connectivity index (χ2n) is 3.46. The first kappa shape index (κ1) is 15.9. The van der Waals surface area contributed by atoms with Crippen molar-refractivity contribution in [2.45, 2.75) is 19.2 Å². The number of nitrogens with zero attached hydrogens (tertiary/aromatic N) is 1. The summed E-state index contributed by atoms with van der Waals surface area (Å²) in [5, 5.41) is 8.61. The number of carbonyl (C=O) groups is 1. The number of hydrogen-bond acceptors (Lipinski definition) is 4. The van der Waals surface area contributed by atoms with E-state index in [0.717, 1.165) is 7.11 Å². The minimum Gasteiger partial charge on any atom is -0.494 e. The molecule has 5 nitrogen and oxygen atoms in total. The second-order valence-corrected chi connectivity index (χ2v) is 3.46. The van der Waals surface area contributed by atoms with E-state index in [1.807, 2.05) is 0 Å². The summed E-state index contributed by atoms with van der Waals surface area (Å²) in [5.74, 6) is -3.20. The van der Waals surface area contributed by atoms with Gasteiger partial charge in [-0.25, -0.2) is 13.8 Å². The Morgan fingerprint density at radius 1 is 1.45 bits per heavy atom. The Labute approximate surface area is 108 Å². The quantitative estimate of drug-likeness (QED) is 0.846. The van der Waals surface area contributed by atoms with E-state index in [1.54, 1.807) is 0 Å². The highest BCUT2D eigenvalue weighted by Crippen LogP contribution is 2.34. The highest BCUT2D eigenvalue weighted by molar-refractivity contribution is 5.71. The van der Waals surface area contributed by atoms with Gasteiger partial charge < -0.3 is 14.6 Å². The Bertz CT molecular complexity index is 503. The molecule has 1 aromatic rings. The summed E-state index contributed by atoms with van der Waals surface area (Å²) in [6.07, 6.45) is -9.21. The zero-order valence-electron chi connectivity index (χ0n) is 9.87. The molecule has 1 rings (SSSR count). The van der Waals surface area contributed by atoms with E-state index in [1.165, 1.54) is 0 Å². The number of pyridine rings is 1. The van der Waals surface area contributed by atoms with Gasteiger partial charge in [-0.15, -0.1) is 13.2 Å². The van der Waals surface area contributed by atoms with Crippen LogP contribution in [0.1, 0.15) is 17.7 Å². The van der Waals surface area contributed by atoms with Crippen molar-refractivity contribution in [1.82, 2.24) is 4.98 Å². The van der Waals surface area contributed by atoms with E-state index in [4.69, 9.17) is 5.11 Å². The lowest BCUT2D eigenvalue weighted by Crippen LogP contribution is -2.19. The third-order valence-corrected chi connectivity index (χ3v) is 2.03. The van der Waals surface area contributed by atoms with Gasteiger partial charge in [0.15, 0.2) is 5.69 Å². The molecule has 20 heavy (non-hydrogen) atoms. The van der Waals surface area contributed by atoms with E-state index < -0.39 is 48.1 Å². The van der Waals surface area contributed by atoms with Crippen LogP contribution in [0, 0.1) is 0 Å². The number of rotatable bonds is 5. The van der Waals surface area contributed by atoms with Gasteiger partial charge >= 0.3 is 12.3 Å². The van der Waals surface area contributed by atoms with Gasteiger partial charge in [0.1, 0.15) is 5.75 Å². The molecule has 1 aromatic heterocycles. The van der Waals surface area contributed by atoms with Crippen LogP contribution in [-0.4, -0.2) is 29.5 Å². The molecule has 1 heterocycles. The lowest BCUT2D eigenvalue weighted by Gasteiger charge is -2.15. The van der Waals surface area contributed by atoms with Gasteiger partial charge in [-0.05, 0) is 0 Å². The predicted molar refractivity (Wildman–Crippen MR) is 53.8 cm³/mol. The van der Waals surface area contributed by atoms with Crippen molar-refractivity contribution in [3.05, 3.63) is 17.3 Å². The van der Waals surface area contributed by atoms with Crippen LogP contribution in [0.25, 0.3) is 0 Å². The number of methoxy groups -OCH3 is 1. The topological polar surface area (TPSA) is 68.7 Å². The van der Waals surface area contributed by atoms with Crippen LogP contribution >= 0.6 is 0 Å². The van der Waals surface area contributed by atoms with E-state index in [0.29, 0.717) is 6.07 Å². The molecular weight excluding hydrogens is 293 g/mol. The minimum absolute atomic E-state index is 0.399. The SMILES string of the molecule is COc1c(CC(=O)O)cc(OC(F)(F)F)nc1C(F)F. The highest BCUT2D eigenvalue weighted by atomic mass is 19.4. The second kappa shape index (κ2) is 5.88. The maximum absolute atomic E-state index is 12.7. The van der Waals surface area contributed by atoms with E-state index in [9.17, 15) is 26.7 Å². The van der Waals surface area contributed by atoms with Crippen molar-refractivity contribution in [3.8, 4) is 11.6 Å². The summed E-state index contributed by atoms with van der Waals surface area (Å²) in [7, 11) is 0.971. The molecule has 0 saturated heterocycles. The molecule has 0 amide bonds. The zero-order chi connectivity index (χ0) is 15.5. The number of aromatic nitrogens is 1. The van der Waals surface area contributed by atoms with Gasteiger partial charge in [0.2, 0.25) is 5.88 Å². The van der Waals surface area contributed by atoms with E-state index in [-0.39, 0.29) is 0 Å². The molecule has 10 heteroatoms. The van der Waals surface area contributed by atoms with Crippen molar-refractivity contribution < 1.29 is 41.3 Å². The first-order valence-corrected chi connectivity index (χ1v) is 4.97. The van der Waals surface area contributed by atoms with Crippen molar-refractivity contribution in [2.75, 3.05) is 7.11 Å². The standard InChI is InChI=1S/C10H8F5NO4/c1-19-8-4(3-6(17)18)2-5(20-10(13,14)15)16-7(8)9(11)12/h2,9H,3H2,1H3,(H,17,18).